The third kappa shape index (κ3) is 4.19. The molecule has 0 aliphatic carbocycles. The zero-order chi connectivity index (χ0) is 19.6. The molecule has 3 rings (SSSR count). The van der Waals surface area contributed by atoms with Crippen molar-refractivity contribution in [2.45, 2.75) is 18.3 Å². The summed E-state index contributed by atoms with van der Waals surface area (Å²) in [5.41, 5.74) is -0.0541. The summed E-state index contributed by atoms with van der Waals surface area (Å²) < 4.78 is 40.2. The van der Waals surface area contributed by atoms with E-state index in [1.165, 1.54) is 0 Å². The van der Waals surface area contributed by atoms with E-state index in [-0.39, 0.29) is 27.5 Å². The Morgan fingerprint density at radius 3 is 2.59 bits per heavy atom. The molecule has 0 aliphatic heterocycles. The molecule has 0 saturated carbocycles. The number of halogens is 4. The predicted octanol–water partition coefficient (Wildman–Crippen LogP) is 4.55. The Kier molecular flexibility index (Phi) is 5.61. The number of anilines is 1. The molecule has 10 heteroatoms. The smallest absolute Gasteiger partial charge is 0.312 e. The first-order valence-electron chi connectivity index (χ1n) is 7.91. The van der Waals surface area contributed by atoms with Crippen LogP contribution in [0.4, 0.5) is 18.9 Å². The highest BCUT2D eigenvalue weighted by molar-refractivity contribution is 7.99. The summed E-state index contributed by atoms with van der Waals surface area (Å²) in [6.07, 6.45) is -3.67. The zero-order valence-corrected chi connectivity index (χ0v) is 15.6. The van der Waals surface area contributed by atoms with Gasteiger partial charge in [0.15, 0.2) is 10.8 Å². The summed E-state index contributed by atoms with van der Waals surface area (Å²) in [7, 11) is 0. The minimum Gasteiger partial charge on any atom is -0.312 e. The van der Waals surface area contributed by atoms with Crippen LogP contribution in [0.25, 0.3) is 5.65 Å². The van der Waals surface area contributed by atoms with Crippen LogP contribution < -0.4 is 4.90 Å². The van der Waals surface area contributed by atoms with Gasteiger partial charge in [-0.15, -0.1) is 10.2 Å². The lowest BCUT2D eigenvalue weighted by Crippen LogP contribution is -2.32. The molecule has 0 aliphatic rings. The van der Waals surface area contributed by atoms with Crippen LogP contribution in [0, 0.1) is 0 Å². The Labute approximate surface area is 162 Å². The van der Waals surface area contributed by atoms with E-state index >= 15 is 0 Å². The van der Waals surface area contributed by atoms with Gasteiger partial charge in [0.2, 0.25) is 5.91 Å². The van der Waals surface area contributed by atoms with Crippen molar-refractivity contribution in [2.24, 2.45) is 0 Å². The second-order valence-corrected chi connectivity index (χ2v) is 6.86. The molecule has 0 bridgehead atoms. The Hall–Kier alpha value is -2.26. The number of alkyl halides is 3. The van der Waals surface area contributed by atoms with E-state index < -0.39 is 11.7 Å². The van der Waals surface area contributed by atoms with E-state index in [4.69, 9.17) is 11.6 Å². The number of thioether (sulfide) groups is 1. The van der Waals surface area contributed by atoms with Crippen molar-refractivity contribution in [1.29, 1.82) is 0 Å². The maximum absolute atomic E-state index is 13.0. The number of benzene rings is 1. The van der Waals surface area contributed by atoms with Crippen molar-refractivity contribution < 1.29 is 18.0 Å². The summed E-state index contributed by atoms with van der Waals surface area (Å²) in [6, 6.07) is 9.93. The van der Waals surface area contributed by atoms with Gasteiger partial charge in [0.1, 0.15) is 0 Å². The topological polar surface area (TPSA) is 50.5 Å². The number of nitrogens with zero attached hydrogens (tertiary/aromatic N) is 4. The van der Waals surface area contributed by atoms with E-state index in [0.29, 0.717) is 6.54 Å². The number of hydrogen-bond acceptors (Lipinski definition) is 4. The molecule has 0 spiro atoms. The number of hydrogen-bond donors (Lipinski definition) is 0. The van der Waals surface area contributed by atoms with Crippen molar-refractivity contribution in [3.05, 3.63) is 53.2 Å². The minimum atomic E-state index is -4.55. The van der Waals surface area contributed by atoms with Crippen LogP contribution in [0.5, 0.6) is 0 Å². The summed E-state index contributed by atoms with van der Waals surface area (Å²) in [5, 5.41) is 7.68. The number of pyridine rings is 1. The molecule has 0 saturated heterocycles. The number of rotatable bonds is 5. The summed E-state index contributed by atoms with van der Waals surface area (Å²) in [4.78, 5) is 14.1. The lowest BCUT2D eigenvalue weighted by atomic mass is 10.3. The van der Waals surface area contributed by atoms with E-state index in [9.17, 15) is 18.0 Å². The third-order valence-corrected chi connectivity index (χ3v) is 4.97. The van der Waals surface area contributed by atoms with Gasteiger partial charge >= 0.3 is 6.18 Å². The van der Waals surface area contributed by atoms with Crippen LogP contribution >= 0.6 is 23.4 Å². The van der Waals surface area contributed by atoms with Crippen molar-refractivity contribution in [1.82, 2.24) is 14.6 Å². The molecule has 0 fully saturated rings. The van der Waals surface area contributed by atoms with E-state index in [0.717, 1.165) is 34.1 Å². The van der Waals surface area contributed by atoms with E-state index in [1.54, 1.807) is 4.90 Å². The molecule has 3 aromatic rings. The maximum Gasteiger partial charge on any atom is 0.417 e. The van der Waals surface area contributed by atoms with Crippen molar-refractivity contribution in [3.63, 3.8) is 0 Å². The SMILES string of the molecule is CCN(C(=O)CSc1nnc2c(Cl)cc(C(F)(F)F)cn12)c1ccccc1. The van der Waals surface area contributed by atoms with E-state index in [2.05, 4.69) is 10.2 Å². The Balaban J connectivity index is 1.82. The predicted molar refractivity (Wildman–Crippen MR) is 98.2 cm³/mol. The summed E-state index contributed by atoms with van der Waals surface area (Å²) >= 11 is 6.89. The first-order chi connectivity index (χ1) is 12.8. The number of para-hydroxylation sites is 1. The quantitative estimate of drug-likeness (QED) is 0.575. The lowest BCUT2D eigenvalue weighted by molar-refractivity contribution is -0.137. The lowest BCUT2D eigenvalue weighted by Gasteiger charge is -2.20. The Morgan fingerprint density at radius 1 is 1.26 bits per heavy atom. The standard InChI is InChI=1S/C17H14ClF3N4OS/c1-2-24(12-6-4-3-5-7-12)14(26)10-27-16-23-22-15-13(18)8-11(9-25(15)16)17(19,20)21/h3-9H,2,10H2,1H3. The summed E-state index contributed by atoms with van der Waals surface area (Å²) in [6.45, 7) is 2.31. The Bertz CT molecular complexity index is 962. The molecule has 142 valence electrons. The number of carbonyl (C=O) groups is 1. The van der Waals surface area contributed by atoms with Gasteiger partial charge in [0.05, 0.1) is 16.3 Å². The number of amides is 1. The first kappa shape index (κ1) is 19.5. The molecule has 0 unspecified atom stereocenters. The Morgan fingerprint density at radius 2 is 1.96 bits per heavy atom. The second-order valence-electron chi connectivity index (χ2n) is 5.51. The molecule has 0 radical (unpaired) electrons. The fourth-order valence-electron chi connectivity index (χ4n) is 2.50. The largest absolute Gasteiger partial charge is 0.417 e. The molecule has 5 nitrogen and oxygen atoms in total. The van der Waals surface area contributed by atoms with Crippen LogP contribution in [-0.4, -0.2) is 32.8 Å². The molecule has 27 heavy (non-hydrogen) atoms. The number of aromatic nitrogens is 3. The zero-order valence-electron chi connectivity index (χ0n) is 14.1. The second kappa shape index (κ2) is 7.77. The van der Waals surface area contributed by atoms with Crippen LogP contribution in [-0.2, 0) is 11.0 Å². The van der Waals surface area contributed by atoms with Gasteiger partial charge in [-0.3, -0.25) is 9.20 Å². The fraction of sp³-hybridized carbons (Fsp3) is 0.235. The highest BCUT2D eigenvalue weighted by atomic mass is 35.5. The highest BCUT2D eigenvalue weighted by Gasteiger charge is 2.32. The molecular weight excluding hydrogens is 401 g/mol. The molecule has 2 aromatic heterocycles. The fourth-order valence-corrected chi connectivity index (χ4v) is 3.53. The van der Waals surface area contributed by atoms with E-state index in [1.807, 2.05) is 37.3 Å². The van der Waals surface area contributed by atoms with Crippen LogP contribution in [0.15, 0.2) is 47.8 Å². The van der Waals surface area contributed by atoms with Crippen LogP contribution in [0.1, 0.15) is 12.5 Å². The van der Waals surface area contributed by atoms with Crippen molar-refractivity contribution in [2.75, 3.05) is 17.2 Å². The summed E-state index contributed by atoms with van der Waals surface area (Å²) in [5.74, 6) is -0.194. The maximum atomic E-state index is 13.0. The molecule has 1 aromatic carbocycles. The van der Waals surface area contributed by atoms with Gasteiger partial charge in [0, 0.05) is 18.4 Å². The average Bonchev–Trinajstić information content (AvgIpc) is 3.04. The van der Waals surface area contributed by atoms with Gasteiger partial charge in [-0.05, 0) is 25.1 Å². The van der Waals surface area contributed by atoms with Crippen LogP contribution in [0.2, 0.25) is 5.02 Å². The molecule has 0 atom stereocenters. The third-order valence-electron chi connectivity index (χ3n) is 3.77. The normalized spacial score (nSPS) is 11.7. The molecular formula is C17H14ClF3N4OS. The number of fused-ring (bicyclic) bond motifs is 1. The van der Waals surface area contributed by atoms with Gasteiger partial charge in [0.25, 0.3) is 0 Å². The highest BCUT2D eigenvalue weighted by Crippen LogP contribution is 2.33. The van der Waals surface area contributed by atoms with Gasteiger partial charge < -0.3 is 4.90 Å². The average molecular weight is 415 g/mol. The number of carbonyl (C=O) groups excluding carboxylic acids is 1. The molecule has 1 amide bonds. The first-order valence-corrected chi connectivity index (χ1v) is 9.27. The molecule has 2 heterocycles. The molecule has 0 N–H and O–H groups in total. The van der Waals surface area contributed by atoms with Crippen LogP contribution in [0.3, 0.4) is 0 Å². The van der Waals surface area contributed by atoms with Gasteiger partial charge in [-0.2, -0.15) is 13.2 Å². The van der Waals surface area contributed by atoms with Crippen molar-refractivity contribution in [3.8, 4) is 0 Å². The van der Waals surface area contributed by atoms with Crippen molar-refractivity contribution >= 4 is 40.6 Å². The van der Waals surface area contributed by atoms with Gasteiger partial charge in [-0.25, -0.2) is 0 Å². The minimum absolute atomic E-state index is 0.00259. The monoisotopic (exact) mass is 414 g/mol. The van der Waals surface area contributed by atoms with Gasteiger partial charge in [-0.1, -0.05) is 41.6 Å².